The lowest BCUT2D eigenvalue weighted by atomic mass is 10.0. The van der Waals surface area contributed by atoms with Crippen LogP contribution < -0.4 is 10.6 Å². The van der Waals surface area contributed by atoms with Gasteiger partial charge in [-0.1, -0.05) is 42.5 Å². The molecule has 0 radical (unpaired) electrons. The number of piperazine rings is 1. The summed E-state index contributed by atoms with van der Waals surface area (Å²) in [5.41, 5.74) is 13.0. The molecular formula is C26H28N6O2. The molecule has 2 aromatic carbocycles. The van der Waals surface area contributed by atoms with Gasteiger partial charge in [0.05, 0.1) is 23.1 Å². The molecule has 0 aliphatic carbocycles. The van der Waals surface area contributed by atoms with Gasteiger partial charge in [-0.15, -0.1) is 0 Å². The molecular weight excluding hydrogens is 428 g/mol. The number of aromatic nitrogens is 3. The molecule has 174 valence electrons. The summed E-state index contributed by atoms with van der Waals surface area (Å²) >= 11 is 0. The third-order valence-electron chi connectivity index (χ3n) is 6.34. The molecule has 1 fully saturated rings. The molecule has 34 heavy (non-hydrogen) atoms. The Labute approximate surface area is 198 Å². The minimum Gasteiger partial charge on any atom is -0.445 e. The summed E-state index contributed by atoms with van der Waals surface area (Å²) in [6.07, 6.45) is 3.33. The van der Waals surface area contributed by atoms with E-state index < -0.39 is 0 Å². The van der Waals surface area contributed by atoms with E-state index in [2.05, 4.69) is 46.2 Å². The van der Waals surface area contributed by atoms with Crippen LogP contribution in [0.15, 0.2) is 67.1 Å². The van der Waals surface area contributed by atoms with E-state index in [1.807, 2.05) is 41.0 Å². The zero-order valence-electron chi connectivity index (χ0n) is 19.2. The number of aryl methyl sites for hydroxylation is 1. The molecule has 0 atom stereocenters. The second kappa shape index (κ2) is 9.52. The molecule has 3 heterocycles. The van der Waals surface area contributed by atoms with Gasteiger partial charge < -0.3 is 20.3 Å². The first-order chi connectivity index (χ1) is 16.6. The summed E-state index contributed by atoms with van der Waals surface area (Å²) in [5, 5.41) is 4.41. The summed E-state index contributed by atoms with van der Waals surface area (Å²) < 4.78 is 7.35. The molecule has 4 aromatic rings. The topological polar surface area (TPSA) is 89.0 Å². The zero-order valence-corrected chi connectivity index (χ0v) is 19.2. The first-order valence-corrected chi connectivity index (χ1v) is 11.5. The molecule has 1 saturated heterocycles. The van der Waals surface area contributed by atoms with Gasteiger partial charge in [-0.05, 0) is 35.7 Å². The molecule has 1 aliphatic rings. The van der Waals surface area contributed by atoms with Gasteiger partial charge in [-0.25, -0.2) is 14.3 Å². The number of anilines is 1. The minimum atomic E-state index is -0.269. The largest absolute Gasteiger partial charge is 0.445 e. The third-order valence-corrected chi connectivity index (χ3v) is 6.34. The van der Waals surface area contributed by atoms with Crippen molar-refractivity contribution in [1.29, 1.82) is 0 Å². The van der Waals surface area contributed by atoms with Gasteiger partial charge in [0, 0.05) is 38.3 Å². The molecule has 8 heteroatoms. The van der Waals surface area contributed by atoms with Crippen molar-refractivity contribution in [3.05, 3.63) is 83.8 Å². The summed E-state index contributed by atoms with van der Waals surface area (Å²) in [4.78, 5) is 21.1. The standard InChI is InChI=1S/C26H28N6O2/c1-19-13-21(7-8-22(19)15-27)25-24-14-23(16-32(24)29-18-28-25)30-9-11-31(12-10-30)26(33)34-17-20-5-3-2-4-6-20/h2-8,13-14,16,18H,9-12,15,17,27H2,1H3. The monoisotopic (exact) mass is 456 g/mol. The molecule has 1 amide bonds. The number of fused-ring (bicyclic) bond motifs is 1. The van der Waals surface area contributed by atoms with Crippen LogP contribution >= 0.6 is 0 Å². The van der Waals surface area contributed by atoms with Gasteiger partial charge in [0.1, 0.15) is 12.9 Å². The Morgan fingerprint density at radius 3 is 2.59 bits per heavy atom. The van der Waals surface area contributed by atoms with Crippen molar-refractivity contribution in [2.24, 2.45) is 5.73 Å². The molecule has 0 saturated carbocycles. The molecule has 0 bridgehead atoms. The van der Waals surface area contributed by atoms with Crippen LogP contribution in [0.2, 0.25) is 0 Å². The lowest BCUT2D eigenvalue weighted by molar-refractivity contribution is 0.0942. The predicted molar refractivity (Wildman–Crippen MR) is 131 cm³/mol. The van der Waals surface area contributed by atoms with Gasteiger partial charge >= 0.3 is 6.09 Å². The number of nitrogens with zero attached hydrogens (tertiary/aromatic N) is 5. The number of carbonyl (C=O) groups is 1. The van der Waals surface area contributed by atoms with Crippen LogP contribution in [-0.2, 0) is 17.9 Å². The van der Waals surface area contributed by atoms with E-state index >= 15 is 0 Å². The van der Waals surface area contributed by atoms with Crippen LogP contribution in [0.5, 0.6) is 0 Å². The van der Waals surface area contributed by atoms with E-state index in [1.165, 1.54) is 0 Å². The molecule has 5 rings (SSSR count). The van der Waals surface area contributed by atoms with Crippen LogP contribution in [-0.4, -0.2) is 51.8 Å². The maximum atomic E-state index is 12.5. The smallest absolute Gasteiger partial charge is 0.410 e. The number of hydrogen-bond acceptors (Lipinski definition) is 6. The maximum Gasteiger partial charge on any atom is 0.410 e. The highest BCUT2D eigenvalue weighted by molar-refractivity contribution is 5.80. The highest BCUT2D eigenvalue weighted by atomic mass is 16.6. The quantitative estimate of drug-likeness (QED) is 0.493. The lowest BCUT2D eigenvalue weighted by Gasteiger charge is -2.34. The van der Waals surface area contributed by atoms with Crippen LogP contribution in [0.3, 0.4) is 0 Å². The Morgan fingerprint density at radius 2 is 1.85 bits per heavy atom. The molecule has 0 spiro atoms. The summed E-state index contributed by atoms with van der Waals surface area (Å²) in [5.74, 6) is 0. The highest BCUT2D eigenvalue weighted by Gasteiger charge is 2.23. The normalized spacial score (nSPS) is 13.9. The van der Waals surface area contributed by atoms with E-state index in [-0.39, 0.29) is 12.7 Å². The Balaban J connectivity index is 1.27. The number of rotatable bonds is 5. The Hall–Kier alpha value is -3.91. The van der Waals surface area contributed by atoms with Crippen molar-refractivity contribution in [2.45, 2.75) is 20.1 Å². The number of benzene rings is 2. The van der Waals surface area contributed by atoms with Crippen molar-refractivity contribution in [3.63, 3.8) is 0 Å². The second-order valence-corrected chi connectivity index (χ2v) is 8.50. The molecule has 2 N–H and O–H groups in total. The fourth-order valence-corrected chi connectivity index (χ4v) is 4.34. The number of ether oxygens (including phenoxy) is 1. The van der Waals surface area contributed by atoms with Crippen LogP contribution in [0.25, 0.3) is 16.8 Å². The lowest BCUT2D eigenvalue weighted by Crippen LogP contribution is -2.48. The van der Waals surface area contributed by atoms with Gasteiger partial charge in [0.25, 0.3) is 0 Å². The molecule has 2 aromatic heterocycles. The average molecular weight is 457 g/mol. The average Bonchev–Trinajstić information content (AvgIpc) is 3.32. The Bertz CT molecular complexity index is 1300. The molecule has 0 unspecified atom stereocenters. The Kier molecular flexibility index (Phi) is 6.14. The van der Waals surface area contributed by atoms with Crippen molar-refractivity contribution < 1.29 is 9.53 Å². The van der Waals surface area contributed by atoms with Crippen molar-refractivity contribution in [2.75, 3.05) is 31.1 Å². The van der Waals surface area contributed by atoms with Crippen LogP contribution in [0.1, 0.15) is 16.7 Å². The van der Waals surface area contributed by atoms with Crippen molar-refractivity contribution in [3.8, 4) is 11.3 Å². The summed E-state index contributed by atoms with van der Waals surface area (Å²) in [7, 11) is 0. The fraction of sp³-hybridized carbons (Fsp3) is 0.269. The SMILES string of the molecule is Cc1cc(-c2ncnn3cc(N4CCN(C(=O)OCc5ccccc5)CC4)cc23)ccc1CN. The number of carbonyl (C=O) groups excluding carboxylic acids is 1. The first-order valence-electron chi connectivity index (χ1n) is 11.5. The fourth-order valence-electron chi connectivity index (χ4n) is 4.34. The number of hydrogen-bond donors (Lipinski definition) is 1. The van der Waals surface area contributed by atoms with E-state index in [9.17, 15) is 4.79 Å². The van der Waals surface area contributed by atoms with Crippen molar-refractivity contribution in [1.82, 2.24) is 19.5 Å². The minimum absolute atomic E-state index is 0.269. The van der Waals surface area contributed by atoms with E-state index in [0.29, 0.717) is 19.6 Å². The van der Waals surface area contributed by atoms with E-state index in [4.69, 9.17) is 10.5 Å². The Morgan fingerprint density at radius 1 is 1.06 bits per heavy atom. The van der Waals surface area contributed by atoms with Crippen LogP contribution in [0.4, 0.5) is 10.5 Å². The van der Waals surface area contributed by atoms with Gasteiger partial charge in [-0.2, -0.15) is 5.10 Å². The first kappa shape index (κ1) is 21.9. The predicted octanol–water partition coefficient (Wildman–Crippen LogP) is 3.62. The number of amides is 1. The highest BCUT2D eigenvalue weighted by Crippen LogP contribution is 2.28. The van der Waals surface area contributed by atoms with Gasteiger partial charge in [-0.3, -0.25) is 0 Å². The summed E-state index contributed by atoms with van der Waals surface area (Å²) in [6.45, 7) is 5.55. The third kappa shape index (κ3) is 4.45. The van der Waals surface area contributed by atoms with Gasteiger partial charge in [0.2, 0.25) is 0 Å². The van der Waals surface area contributed by atoms with Crippen LogP contribution in [0, 0.1) is 6.92 Å². The van der Waals surface area contributed by atoms with Gasteiger partial charge in [0.15, 0.2) is 0 Å². The maximum absolute atomic E-state index is 12.5. The molecule has 8 nitrogen and oxygen atoms in total. The number of nitrogens with two attached hydrogens (primary N) is 1. The van der Waals surface area contributed by atoms with E-state index in [1.54, 1.807) is 11.2 Å². The molecule has 1 aliphatic heterocycles. The summed E-state index contributed by atoms with van der Waals surface area (Å²) in [6, 6.07) is 18.1. The zero-order chi connectivity index (χ0) is 23.5. The van der Waals surface area contributed by atoms with Crippen molar-refractivity contribution >= 4 is 17.3 Å². The van der Waals surface area contributed by atoms with E-state index in [0.717, 1.165) is 52.2 Å². The second-order valence-electron chi connectivity index (χ2n) is 8.50.